The maximum atomic E-state index is 11.5. The van der Waals surface area contributed by atoms with Gasteiger partial charge in [0, 0.05) is 0 Å². The molecule has 9 heavy (non-hydrogen) atoms. The molecule has 0 atom stereocenters. The van der Waals surface area contributed by atoms with E-state index in [1.54, 1.807) is 0 Å². The second-order valence-corrected chi connectivity index (χ2v) is 3.06. The molecule has 0 unspecified atom stereocenters. The van der Waals surface area contributed by atoms with Gasteiger partial charge >= 0.3 is 0 Å². The van der Waals surface area contributed by atoms with Crippen molar-refractivity contribution < 1.29 is 8.78 Å². The Kier molecular flexibility index (Phi) is 2.82. The SMILES string of the molecule is CC(C)(C)/C=C/C(F)F. The van der Waals surface area contributed by atoms with Crippen molar-refractivity contribution in [3.05, 3.63) is 12.2 Å². The molecule has 0 radical (unpaired) electrons. The molecule has 0 saturated carbocycles. The van der Waals surface area contributed by atoms with Gasteiger partial charge in [0.05, 0.1) is 0 Å². The van der Waals surface area contributed by atoms with Crippen LogP contribution in [0.15, 0.2) is 12.2 Å². The number of allylic oxidation sites excluding steroid dienone is 2. The lowest BCUT2D eigenvalue weighted by Gasteiger charge is -2.10. The van der Waals surface area contributed by atoms with E-state index in [-0.39, 0.29) is 5.41 Å². The molecule has 2 heteroatoms. The number of hydrogen-bond acceptors (Lipinski definition) is 0. The fourth-order valence-corrected chi connectivity index (χ4v) is 0.361. The smallest absolute Gasteiger partial charge is 0.206 e. The highest BCUT2D eigenvalue weighted by molar-refractivity contribution is 4.93. The lowest BCUT2D eigenvalue weighted by Crippen LogP contribution is -1.99. The first-order valence-electron chi connectivity index (χ1n) is 2.89. The van der Waals surface area contributed by atoms with Gasteiger partial charge in [0.25, 0.3) is 6.43 Å². The van der Waals surface area contributed by atoms with E-state index in [9.17, 15) is 8.78 Å². The lowest BCUT2D eigenvalue weighted by molar-refractivity contribution is 0.202. The summed E-state index contributed by atoms with van der Waals surface area (Å²) in [6, 6.07) is 0. The molecule has 54 valence electrons. The van der Waals surface area contributed by atoms with Crippen LogP contribution in [0.2, 0.25) is 0 Å². The molecule has 0 aliphatic heterocycles. The normalized spacial score (nSPS) is 13.6. The van der Waals surface area contributed by atoms with E-state index in [0.717, 1.165) is 6.08 Å². The molecule has 0 heterocycles. The van der Waals surface area contributed by atoms with Crippen LogP contribution in [0.3, 0.4) is 0 Å². The van der Waals surface area contributed by atoms with Crippen LogP contribution < -0.4 is 0 Å². The number of hydrogen-bond donors (Lipinski definition) is 0. The minimum absolute atomic E-state index is 0.129. The first-order chi connectivity index (χ1) is 3.92. The third-order valence-electron chi connectivity index (χ3n) is 0.742. The summed E-state index contributed by atoms with van der Waals surface area (Å²) in [5.74, 6) is 0. The summed E-state index contributed by atoms with van der Waals surface area (Å²) in [5, 5.41) is 0. The maximum absolute atomic E-state index is 11.5. The number of halogens is 2. The Morgan fingerprint density at radius 1 is 1.22 bits per heavy atom. The first-order valence-corrected chi connectivity index (χ1v) is 2.89. The third kappa shape index (κ3) is 7.60. The van der Waals surface area contributed by atoms with Gasteiger partial charge < -0.3 is 0 Å². The molecule has 0 aromatic carbocycles. The van der Waals surface area contributed by atoms with Gasteiger partial charge in [-0.3, -0.25) is 0 Å². The molecule has 0 spiro atoms. The molecule has 0 bridgehead atoms. The van der Waals surface area contributed by atoms with Crippen LogP contribution in [0.25, 0.3) is 0 Å². The molecule has 0 N–H and O–H groups in total. The monoisotopic (exact) mass is 134 g/mol. The van der Waals surface area contributed by atoms with Crippen LogP contribution >= 0.6 is 0 Å². The Bertz CT molecular complexity index is 98.0. The summed E-state index contributed by atoms with van der Waals surface area (Å²) in [6.07, 6.45) is 0.113. The molecule has 0 aromatic heterocycles. The Morgan fingerprint density at radius 3 is 1.78 bits per heavy atom. The van der Waals surface area contributed by atoms with Gasteiger partial charge in [0.15, 0.2) is 0 Å². The van der Waals surface area contributed by atoms with Crippen molar-refractivity contribution in [1.82, 2.24) is 0 Å². The van der Waals surface area contributed by atoms with Gasteiger partial charge in [-0.05, 0) is 11.5 Å². The summed E-state index contributed by atoms with van der Waals surface area (Å²) >= 11 is 0. The number of rotatable bonds is 1. The maximum Gasteiger partial charge on any atom is 0.257 e. The summed E-state index contributed by atoms with van der Waals surface area (Å²) in [5.41, 5.74) is -0.129. The molecule has 0 nitrogen and oxygen atoms in total. The van der Waals surface area contributed by atoms with E-state index >= 15 is 0 Å². The zero-order chi connectivity index (χ0) is 7.49. The quantitative estimate of drug-likeness (QED) is 0.484. The molecule has 0 aliphatic rings. The Labute approximate surface area is 54.6 Å². The highest BCUT2D eigenvalue weighted by atomic mass is 19.3. The van der Waals surface area contributed by atoms with Gasteiger partial charge in [-0.1, -0.05) is 26.8 Å². The third-order valence-corrected chi connectivity index (χ3v) is 0.742. The van der Waals surface area contributed by atoms with Crippen molar-refractivity contribution in [2.45, 2.75) is 27.2 Å². The predicted molar refractivity (Wildman–Crippen MR) is 34.6 cm³/mol. The van der Waals surface area contributed by atoms with Gasteiger partial charge in [-0.2, -0.15) is 0 Å². The van der Waals surface area contributed by atoms with E-state index in [0.29, 0.717) is 0 Å². The molecule has 0 fully saturated rings. The number of alkyl halides is 2. The Hall–Kier alpha value is -0.400. The van der Waals surface area contributed by atoms with E-state index < -0.39 is 6.43 Å². The molecular weight excluding hydrogens is 122 g/mol. The van der Waals surface area contributed by atoms with Crippen molar-refractivity contribution >= 4 is 0 Å². The van der Waals surface area contributed by atoms with Crippen molar-refractivity contribution in [3.63, 3.8) is 0 Å². The van der Waals surface area contributed by atoms with Gasteiger partial charge in [0.1, 0.15) is 0 Å². The van der Waals surface area contributed by atoms with Gasteiger partial charge in [-0.15, -0.1) is 0 Å². The zero-order valence-electron chi connectivity index (χ0n) is 5.99. The fourth-order valence-electron chi connectivity index (χ4n) is 0.361. The molecule has 0 rings (SSSR count). The molecular formula is C7H12F2. The molecule has 0 amide bonds. The first kappa shape index (κ1) is 8.60. The van der Waals surface area contributed by atoms with Crippen LogP contribution in [-0.2, 0) is 0 Å². The lowest BCUT2D eigenvalue weighted by atomic mass is 9.96. The van der Waals surface area contributed by atoms with Crippen LogP contribution in [-0.4, -0.2) is 6.43 Å². The summed E-state index contributed by atoms with van der Waals surface area (Å²) in [4.78, 5) is 0. The van der Waals surface area contributed by atoms with Crippen LogP contribution in [0, 0.1) is 5.41 Å². The molecule has 0 aromatic rings. The van der Waals surface area contributed by atoms with Crippen LogP contribution in [0.4, 0.5) is 8.78 Å². The van der Waals surface area contributed by atoms with Crippen LogP contribution in [0.5, 0.6) is 0 Å². The van der Waals surface area contributed by atoms with Crippen molar-refractivity contribution in [3.8, 4) is 0 Å². The second kappa shape index (κ2) is 2.95. The average molecular weight is 134 g/mol. The summed E-state index contributed by atoms with van der Waals surface area (Å²) < 4.78 is 23.0. The highest BCUT2D eigenvalue weighted by Gasteiger charge is 2.04. The largest absolute Gasteiger partial charge is 0.257 e. The second-order valence-electron chi connectivity index (χ2n) is 3.06. The minimum atomic E-state index is -2.32. The van der Waals surface area contributed by atoms with Crippen molar-refractivity contribution in [2.75, 3.05) is 0 Å². The topological polar surface area (TPSA) is 0 Å². The molecule has 0 aliphatic carbocycles. The summed E-state index contributed by atoms with van der Waals surface area (Å²) in [6.45, 7) is 5.64. The minimum Gasteiger partial charge on any atom is -0.206 e. The average Bonchev–Trinajstić information content (AvgIpc) is 1.59. The van der Waals surface area contributed by atoms with E-state index in [1.807, 2.05) is 20.8 Å². The standard InChI is InChI=1S/C7H12F2/c1-7(2,3)5-4-6(8)9/h4-6H,1-3H3/b5-4+. The summed E-state index contributed by atoms with van der Waals surface area (Å²) in [7, 11) is 0. The van der Waals surface area contributed by atoms with Crippen molar-refractivity contribution in [1.29, 1.82) is 0 Å². The Morgan fingerprint density at radius 2 is 1.67 bits per heavy atom. The van der Waals surface area contributed by atoms with Crippen LogP contribution in [0.1, 0.15) is 20.8 Å². The van der Waals surface area contributed by atoms with E-state index in [1.165, 1.54) is 6.08 Å². The highest BCUT2D eigenvalue weighted by Crippen LogP contribution is 2.15. The van der Waals surface area contributed by atoms with E-state index in [2.05, 4.69) is 0 Å². The van der Waals surface area contributed by atoms with Crippen molar-refractivity contribution in [2.24, 2.45) is 5.41 Å². The fraction of sp³-hybridized carbons (Fsp3) is 0.714. The van der Waals surface area contributed by atoms with Gasteiger partial charge in [0.2, 0.25) is 0 Å². The zero-order valence-corrected chi connectivity index (χ0v) is 5.99. The predicted octanol–water partition coefficient (Wildman–Crippen LogP) is 2.85. The molecule has 0 saturated heterocycles. The van der Waals surface area contributed by atoms with E-state index in [4.69, 9.17) is 0 Å². The Balaban J connectivity index is 3.71. The van der Waals surface area contributed by atoms with Gasteiger partial charge in [-0.25, -0.2) is 8.78 Å².